The molecule has 2 heteroatoms. The van der Waals surface area contributed by atoms with Crippen LogP contribution >= 0.6 is 0 Å². The summed E-state index contributed by atoms with van der Waals surface area (Å²) in [5.41, 5.74) is 2.10. The highest BCUT2D eigenvalue weighted by atomic mass is 16.3. The van der Waals surface area contributed by atoms with E-state index in [4.69, 9.17) is 0 Å². The molecule has 0 spiro atoms. The van der Waals surface area contributed by atoms with Crippen LogP contribution in [0.2, 0.25) is 0 Å². The predicted molar refractivity (Wildman–Crippen MR) is 120 cm³/mol. The summed E-state index contributed by atoms with van der Waals surface area (Å²) in [7, 11) is 0. The molecule has 4 aliphatic rings. The Balaban J connectivity index is 1.50. The summed E-state index contributed by atoms with van der Waals surface area (Å²) in [5.74, 6) is 5.01. The number of rotatable bonds is 5. The van der Waals surface area contributed by atoms with E-state index in [0.717, 1.165) is 42.4 Å². The van der Waals surface area contributed by atoms with Crippen LogP contribution in [0.1, 0.15) is 98.8 Å². The van der Waals surface area contributed by atoms with Crippen molar-refractivity contribution in [2.75, 3.05) is 0 Å². The molecule has 2 unspecified atom stereocenters. The first kappa shape index (κ1) is 21.9. The molecule has 0 bridgehead atoms. The van der Waals surface area contributed by atoms with Crippen molar-refractivity contribution in [3.63, 3.8) is 0 Å². The van der Waals surface area contributed by atoms with Crippen molar-refractivity contribution in [2.45, 2.75) is 111 Å². The minimum atomic E-state index is -0.647. The molecule has 0 heterocycles. The van der Waals surface area contributed by atoms with E-state index in [1.54, 1.807) is 0 Å². The van der Waals surface area contributed by atoms with Gasteiger partial charge >= 0.3 is 0 Å². The van der Waals surface area contributed by atoms with Gasteiger partial charge < -0.3 is 10.2 Å². The Morgan fingerprint density at radius 1 is 1.00 bits per heavy atom. The third-order valence-electron chi connectivity index (χ3n) is 10.3. The first-order valence-electron chi connectivity index (χ1n) is 12.7. The Morgan fingerprint density at radius 3 is 2.48 bits per heavy atom. The molecule has 0 amide bonds. The molecule has 166 valence electrons. The average molecular weight is 403 g/mol. The van der Waals surface area contributed by atoms with Crippen LogP contribution in [-0.2, 0) is 0 Å². The van der Waals surface area contributed by atoms with Crippen LogP contribution in [0.5, 0.6) is 0 Å². The molecular weight excluding hydrogens is 356 g/mol. The molecule has 2 nitrogen and oxygen atoms in total. The highest BCUT2D eigenvalue weighted by molar-refractivity contribution is 5.26. The van der Waals surface area contributed by atoms with E-state index in [2.05, 4.69) is 34.6 Å². The zero-order valence-electron chi connectivity index (χ0n) is 19.7. The Bertz CT molecular complexity index is 624. The zero-order valence-corrected chi connectivity index (χ0v) is 19.7. The van der Waals surface area contributed by atoms with Gasteiger partial charge in [-0.3, -0.25) is 0 Å². The van der Waals surface area contributed by atoms with Gasteiger partial charge in [0.15, 0.2) is 0 Å². The van der Waals surface area contributed by atoms with Crippen LogP contribution in [0, 0.1) is 46.3 Å². The second-order valence-corrected chi connectivity index (χ2v) is 12.3. The van der Waals surface area contributed by atoms with Crippen molar-refractivity contribution in [1.82, 2.24) is 0 Å². The molecule has 4 aliphatic carbocycles. The van der Waals surface area contributed by atoms with E-state index in [1.165, 1.54) is 56.9 Å². The van der Waals surface area contributed by atoms with E-state index in [0.29, 0.717) is 11.3 Å². The van der Waals surface area contributed by atoms with Crippen LogP contribution in [0.4, 0.5) is 0 Å². The molecule has 0 aromatic heterocycles. The van der Waals surface area contributed by atoms with Crippen LogP contribution < -0.4 is 0 Å². The van der Waals surface area contributed by atoms with Crippen molar-refractivity contribution in [3.8, 4) is 0 Å². The van der Waals surface area contributed by atoms with Crippen LogP contribution in [0.15, 0.2) is 11.6 Å². The lowest BCUT2D eigenvalue weighted by molar-refractivity contribution is -0.0830. The van der Waals surface area contributed by atoms with Gasteiger partial charge in [-0.15, -0.1) is 0 Å². The fourth-order valence-corrected chi connectivity index (χ4v) is 8.78. The molecule has 0 saturated heterocycles. The number of hydrogen-bond acceptors (Lipinski definition) is 2. The van der Waals surface area contributed by atoms with Crippen molar-refractivity contribution in [2.24, 2.45) is 46.3 Å². The summed E-state index contributed by atoms with van der Waals surface area (Å²) >= 11 is 0. The van der Waals surface area contributed by atoms with Crippen molar-refractivity contribution >= 4 is 0 Å². The van der Waals surface area contributed by atoms with Crippen molar-refractivity contribution < 1.29 is 10.2 Å². The Morgan fingerprint density at radius 2 is 1.76 bits per heavy atom. The lowest BCUT2D eigenvalue weighted by Crippen LogP contribution is -2.53. The Hall–Kier alpha value is -0.340. The first-order chi connectivity index (χ1) is 13.7. The molecule has 3 fully saturated rings. The number of aliphatic hydroxyl groups is 2. The highest BCUT2D eigenvalue weighted by Crippen LogP contribution is 2.67. The van der Waals surface area contributed by atoms with Gasteiger partial charge in [0.2, 0.25) is 0 Å². The maximum Gasteiger partial charge on any atom is 0.0983 e. The van der Waals surface area contributed by atoms with Crippen LogP contribution in [-0.4, -0.2) is 22.4 Å². The molecule has 0 aliphatic heterocycles. The van der Waals surface area contributed by atoms with E-state index in [1.807, 2.05) is 6.08 Å². The topological polar surface area (TPSA) is 40.5 Å². The van der Waals surface area contributed by atoms with Crippen LogP contribution in [0.25, 0.3) is 0 Å². The lowest BCUT2D eigenvalue weighted by atomic mass is 9.46. The summed E-state index contributed by atoms with van der Waals surface area (Å²) in [6, 6.07) is 0. The minimum absolute atomic E-state index is 0.115. The van der Waals surface area contributed by atoms with Gasteiger partial charge in [0.25, 0.3) is 0 Å². The monoisotopic (exact) mass is 402 g/mol. The second kappa shape index (κ2) is 7.97. The summed E-state index contributed by atoms with van der Waals surface area (Å²) in [6.45, 7) is 12.3. The van der Waals surface area contributed by atoms with E-state index in [-0.39, 0.29) is 5.41 Å². The largest absolute Gasteiger partial charge is 0.390 e. The van der Waals surface area contributed by atoms with Gasteiger partial charge in [-0.2, -0.15) is 0 Å². The van der Waals surface area contributed by atoms with Crippen molar-refractivity contribution in [1.29, 1.82) is 0 Å². The fourth-order valence-electron chi connectivity index (χ4n) is 8.78. The fraction of sp³-hybridized carbons (Fsp3) is 0.926. The van der Waals surface area contributed by atoms with Gasteiger partial charge in [-0.25, -0.2) is 0 Å². The molecule has 0 aromatic carbocycles. The maximum atomic E-state index is 10.5. The van der Waals surface area contributed by atoms with Crippen molar-refractivity contribution in [3.05, 3.63) is 11.6 Å². The maximum absolute atomic E-state index is 10.5. The summed E-state index contributed by atoms with van der Waals surface area (Å²) in [6.07, 6.45) is 13.8. The quantitative estimate of drug-likeness (QED) is 0.525. The van der Waals surface area contributed by atoms with Gasteiger partial charge in [0.05, 0.1) is 12.2 Å². The predicted octanol–water partition coefficient (Wildman–Crippen LogP) is 6.36. The smallest absolute Gasteiger partial charge is 0.0983 e. The lowest BCUT2D eigenvalue weighted by Gasteiger charge is -2.59. The summed E-state index contributed by atoms with van der Waals surface area (Å²) in [4.78, 5) is 0. The molecule has 9 atom stereocenters. The van der Waals surface area contributed by atoms with Gasteiger partial charge in [-0.1, -0.05) is 65.5 Å². The number of aliphatic hydroxyl groups excluding tert-OH is 2. The van der Waals surface area contributed by atoms with Gasteiger partial charge in [0, 0.05) is 0 Å². The minimum Gasteiger partial charge on any atom is -0.390 e. The van der Waals surface area contributed by atoms with E-state index >= 15 is 0 Å². The molecule has 0 radical (unpaired) electrons. The summed E-state index contributed by atoms with van der Waals surface area (Å²) < 4.78 is 0. The molecular formula is C27H46O2. The van der Waals surface area contributed by atoms with E-state index < -0.39 is 12.2 Å². The number of fused-ring (bicyclic) bond motifs is 5. The highest BCUT2D eigenvalue weighted by Gasteiger charge is 2.59. The van der Waals surface area contributed by atoms with Gasteiger partial charge in [0.1, 0.15) is 0 Å². The normalized spacial score (nSPS) is 47.9. The Labute approximate surface area is 179 Å². The van der Waals surface area contributed by atoms with E-state index in [9.17, 15) is 10.2 Å². The summed E-state index contributed by atoms with van der Waals surface area (Å²) in [5, 5.41) is 20.6. The molecule has 4 rings (SSSR count). The van der Waals surface area contributed by atoms with Gasteiger partial charge in [-0.05, 0) is 91.3 Å². The molecule has 3 saturated carbocycles. The van der Waals surface area contributed by atoms with Crippen LogP contribution in [0.3, 0.4) is 0 Å². The zero-order chi connectivity index (χ0) is 21.0. The number of allylic oxidation sites excluding steroid dienone is 1. The second-order valence-electron chi connectivity index (χ2n) is 12.3. The average Bonchev–Trinajstić information content (AvgIpc) is 3.00. The third kappa shape index (κ3) is 3.65. The first-order valence-corrected chi connectivity index (χ1v) is 12.7. The molecule has 2 N–H and O–H groups in total. The Kier molecular flexibility index (Phi) is 6.01. The third-order valence-corrected chi connectivity index (χ3v) is 10.3. The molecule has 29 heavy (non-hydrogen) atoms. The SMILES string of the molecule is CC(C)CCC[C@@H](C)[C@H]1CC[C@H]2[C@@H]3CCC4=CC(O)C(O)C[C@]4(C)[C@H]3CC[C@]12C. The number of hydrogen-bond donors (Lipinski definition) is 2. The molecule has 0 aromatic rings. The standard InChI is InChI=1S/C27H46O2/c1-17(2)7-6-8-18(3)21-11-12-22-20-10-9-19-15-24(28)25(29)16-27(19,5)23(20)13-14-26(21,22)4/h15,17-18,20-25,28-29H,6-14,16H2,1-5H3/t18-,20+,21-,22+,23+,24?,25?,26-,27+/m1/s1.